The van der Waals surface area contributed by atoms with Gasteiger partial charge in [-0.25, -0.2) is 9.59 Å². The van der Waals surface area contributed by atoms with Gasteiger partial charge in [-0.1, -0.05) is 0 Å². The number of aliphatic hydroxyl groups is 3. The van der Waals surface area contributed by atoms with E-state index in [0.29, 0.717) is 10.8 Å². The second-order valence-electron chi connectivity index (χ2n) is 7.13. The predicted molar refractivity (Wildman–Crippen MR) is 107 cm³/mol. The Morgan fingerprint density at radius 2 is 1.97 bits per heavy atom. The topological polar surface area (TPSA) is 215 Å². The number of carbonyl (C=O) groups is 2. The molecule has 1 aliphatic heterocycles. The van der Waals surface area contributed by atoms with E-state index in [4.69, 9.17) is 14.6 Å². The normalized spacial score (nSPS) is 21.9. The summed E-state index contributed by atoms with van der Waals surface area (Å²) in [5.74, 6) is -3.02. The highest BCUT2D eigenvalue weighted by atomic mass is 19.1. The Morgan fingerprint density at radius 3 is 2.62 bits per heavy atom. The summed E-state index contributed by atoms with van der Waals surface area (Å²) in [7, 11) is 0. The smallest absolute Gasteiger partial charge is 0.351 e. The van der Waals surface area contributed by atoms with Gasteiger partial charge in [0, 0.05) is 12.6 Å². The van der Waals surface area contributed by atoms with Crippen molar-refractivity contribution >= 4 is 17.7 Å². The number of aromatic nitrogens is 4. The number of aliphatic hydroxyl groups excluding tert-OH is 3. The fourth-order valence-electron chi connectivity index (χ4n) is 3.00. The Bertz CT molecular complexity index is 1240. The lowest BCUT2D eigenvalue weighted by molar-refractivity contribution is -0.148. The van der Waals surface area contributed by atoms with E-state index in [0.717, 1.165) is 10.8 Å². The lowest BCUT2D eigenvalue weighted by atomic mass is 10.1. The molecular weight excluding hydrogens is 465 g/mol. The summed E-state index contributed by atoms with van der Waals surface area (Å²) in [5, 5.41) is 31.2. The average Bonchev–Trinajstić information content (AvgIpc) is 3.07. The van der Waals surface area contributed by atoms with E-state index in [1.54, 1.807) is 4.98 Å². The number of nitrogens with zero attached hydrogens (tertiary/aromatic N) is 3. The number of anilines is 1. The number of aromatic amines is 1. The molecule has 0 saturated carbocycles. The van der Waals surface area contributed by atoms with Crippen LogP contribution in [0, 0.1) is 5.82 Å². The van der Waals surface area contributed by atoms with Crippen molar-refractivity contribution in [2.45, 2.75) is 44.1 Å². The number of ether oxygens (including phenoxy) is 2. The van der Waals surface area contributed by atoms with Crippen molar-refractivity contribution in [1.29, 1.82) is 0 Å². The molecule has 5 N–H and O–H groups in total. The zero-order valence-electron chi connectivity index (χ0n) is 17.3. The first-order chi connectivity index (χ1) is 16.1. The van der Waals surface area contributed by atoms with Crippen molar-refractivity contribution in [2.24, 2.45) is 0 Å². The van der Waals surface area contributed by atoms with Crippen LogP contribution in [0.2, 0.25) is 0 Å². The summed E-state index contributed by atoms with van der Waals surface area (Å²) in [4.78, 5) is 63.8. The Balaban J connectivity index is 1.51. The maximum Gasteiger partial charge on any atom is 0.351 e. The Labute approximate surface area is 188 Å². The molecule has 2 aromatic heterocycles. The van der Waals surface area contributed by atoms with Gasteiger partial charge in [-0.2, -0.15) is 9.37 Å². The van der Waals surface area contributed by atoms with Crippen LogP contribution in [0.15, 0.2) is 32.8 Å². The number of nitrogens with one attached hydrogen (secondary N) is 2. The molecule has 1 fully saturated rings. The highest BCUT2D eigenvalue weighted by Crippen LogP contribution is 2.28. The number of hydrogen-bond donors (Lipinski definition) is 5. The summed E-state index contributed by atoms with van der Waals surface area (Å²) >= 11 is 0. The quantitative estimate of drug-likeness (QED) is 0.234. The third kappa shape index (κ3) is 5.60. The van der Waals surface area contributed by atoms with E-state index in [9.17, 15) is 38.6 Å². The van der Waals surface area contributed by atoms with Gasteiger partial charge >= 0.3 is 17.3 Å². The molecule has 16 heteroatoms. The monoisotopic (exact) mass is 485 g/mol. The number of H-pyrrole nitrogens is 1. The molecule has 0 aromatic carbocycles. The molecule has 15 nitrogen and oxygen atoms in total. The van der Waals surface area contributed by atoms with E-state index >= 15 is 0 Å². The summed E-state index contributed by atoms with van der Waals surface area (Å²) in [6.07, 6.45) is -4.38. The molecule has 3 rings (SSSR count). The zero-order valence-corrected chi connectivity index (χ0v) is 17.3. The number of rotatable bonds is 8. The third-order valence-corrected chi connectivity index (χ3v) is 4.78. The van der Waals surface area contributed by atoms with Crippen molar-refractivity contribution in [1.82, 2.24) is 19.1 Å². The van der Waals surface area contributed by atoms with Crippen LogP contribution in [0.4, 0.5) is 10.2 Å². The van der Waals surface area contributed by atoms with Crippen molar-refractivity contribution in [3.63, 3.8) is 0 Å². The Hall–Kier alpha value is -3.73. The molecule has 1 amide bonds. The van der Waals surface area contributed by atoms with Crippen molar-refractivity contribution in [3.8, 4) is 0 Å². The number of esters is 1. The van der Waals surface area contributed by atoms with Gasteiger partial charge in [0.05, 0.1) is 19.2 Å². The third-order valence-electron chi connectivity index (χ3n) is 4.78. The largest absolute Gasteiger partial charge is 0.444 e. The van der Waals surface area contributed by atoms with Gasteiger partial charge in [0.25, 0.3) is 5.56 Å². The fraction of sp³-hybridized carbons (Fsp3) is 0.444. The molecular formula is C18H20FN5O10. The minimum atomic E-state index is -1.49. The molecule has 1 saturated heterocycles. The van der Waals surface area contributed by atoms with Crippen LogP contribution in [-0.2, 0) is 25.8 Å². The summed E-state index contributed by atoms with van der Waals surface area (Å²) in [5.41, 5.74) is -3.13. The predicted octanol–water partition coefficient (Wildman–Crippen LogP) is -3.24. The molecule has 2 aromatic rings. The molecule has 0 bridgehead atoms. The maximum absolute atomic E-state index is 13.2. The molecule has 0 spiro atoms. The number of amides is 1. The van der Waals surface area contributed by atoms with Gasteiger partial charge in [0.1, 0.15) is 24.1 Å². The lowest BCUT2D eigenvalue weighted by Gasteiger charge is -2.17. The Morgan fingerprint density at radius 1 is 1.24 bits per heavy atom. The highest BCUT2D eigenvalue weighted by molar-refractivity contribution is 5.91. The van der Waals surface area contributed by atoms with Crippen molar-refractivity contribution in [2.75, 3.05) is 11.9 Å². The second kappa shape index (κ2) is 10.5. The van der Waals surface area contributed by atoms with Crippen LogP contribution in [0.3, 0.4) is 0 Å². The van der Waals surface area contributed by atoms with E-state index in [2.05, 4.69) is 10.3 Å². The minimum Gasteiger partial charge on any atom is -0.444 e. The molecule has 4 atom stereocenters. The first-order valence-corrected chi connectivity index (χ1v) is 9.77. The van der Waals surface area contributed by atoms with Gasteiger partial charge in [0.2, 0.25) is 11.7 Å². The average molecular weight is 485 g/mol. The zero-order chi connectivity index (χ0) is 25.0. The van der Waals surface area contributed by atoms with Crippen LogP contribution in [0.25, 0.3) is 0 Å². The van der Waals surface area contributed by atoms with Gasteiger partial charge < -0.3 is 30.1 Å². The number of halogens is 1. The van der Waals surface area contributed by atoms with Crippen LogP contribution >= 0.6 is 0 Å². The second-order valence-corrected chi connectivity index (χ2v) is 7.13. The summed E-state index contributed by atoms with van der Waals surface area (Å²) < 4.78 is 24.7. The Kier molecular flexibility index (Phi) is 7.67. The molecule has 184 valence electrons. The van der Waals surface area contributed by atoms with E-state index < -0.39 is 78.9 Å². The first-order valence-electron chi connectivity index (χ1n) is 9.77. The number of hydrogen-bond acceptors (Lipinski definition) is 11. The van der Waals surface area contributed by atoms with Gasteiger partial charge in [-0.15, -0.1) is 0 Å². The molecule has 1 aliphatic rings. The van der Waals surface area contributed by atoms with Gasteiger partial charge in [0.15, 0.2) is 13.0 Å². The van der Waals surface area contributed by atoms with Crippen molar-refractivity contribution < 1.29 is 38.8 Å². The standard InChI is InChI=1S/C18H20FN5O10/c19-8-5-23(17(31)22-15(8)30)7-33-12(27)2-1-11(26)20-10-3-4-24(18(32)21-10)16-14(29)13(28)9(6-25)34-16/h3-5,9,13-14,16,25,28-29H,1-2,6-7H2,(H,22,30,31)(H,20,21,26,32)/t9-,13-,14+,16-/m1/s1. The molecule has 0 unspecified atom stereocenters. The number of carbonyl (C=O) groups excluding carboxylic acids is 2. The minimum absolute atomic E-state index is 0.165. The van der Waals surface area contributed by atoms with Crippen LogP contribution in [0.1, 0.15) is 19.1 Å². The van der Waals surface area contributed by atoms with E-state index in [1.807, 2.05) is 0 Å². The van der Waals surface area contributed by atoms with E-state index in [1.165, 1.54) is 6.07 Å². The lowest BCUT2D eigenvalue weighted by Crippen LogP contribution is -2.36. The fourth-order valence-corrected chi connectivity index (χ4v) is 3.00. The van der Waals surface area contributed by atoms with Crippen LogP contribution < -0.4 is 22.3 Å². The first kappa shape index (κ1) is 24.9. The maximum atomic E-state index is 13.2. The highest BCUT2D eigenvalue weighted by Gasteiger charge is 2.43. The molecule has 0 aliphatic carbocycles. The van der Waals surface area contributed by atoms with Crippen LogP contribution in [0.5, 0.6) is 0 Å². The summed E-state index contributed by atoms with van der Waals surface area (Å²) in [6, 6.07) is 1.21. The molecule has 3 heterocycles. The van der Waals surface area contributed by atoms with Crippen LogP contribution in [-0.4, -0.2) is 71.2 Å². The van der Waals surface area contributed by atoms with Gasteiger partial charge in [-0.3, -0.25) is 28.5 Å². The summed E-state index contributed by atoms with van der Waals surface area (Å²) in [6.45, 7) is -1.26. The van der Waals surface area contributed by atoms with Crippen molar-refractivity contribution in [3.05, 3.63) is 55.6 Å². The SMILES string of the molecule is O=C(CCC(=O)OCn1cc(F)c(=O)[nH]c1=O)Nc1ccn([C@@H]2O[C@H](CO)[C@@H](O)[C@@H]2O)c(=O)n1. The van der Waals surface area contributed by atoms with Gasteiger partial charge in [-0.05, 0) is 6.07 Å². The van der Waals surface area contributed by atoms with E-state index in [-0.39, 0.29) is 12.2 Å². The molecule has 34 heavy (non-hydrogen) atoms. The molecule has 0 radical (unpaired) electrons.